The average molecular weight is 212 g/mol. The van der Waals surface area contributed by atoms with E-state index < -0.39 is 0 Å². The van der Waals surface area contributed by atoms with Crippen LogP contribution < -0.4 is 10.6 Å². The van der Waals surface area contributed by atoms with Gasteiger partial charge in [-0.15, -0.1) is 0 Å². The minimum atomic E-state index is 0.224. The van der Waals surface area contributed by atoms with Gasteiger partial charge < -0.3 is 15.4 Å². The molecule has 0 aromatic rings. The molecule has 1 amide bonds. The Hall–Kier alpha value is -0.610. The number of hydrogen-bond acceptors (Lipinski definition) is 3. The van der Waals surface area contributed by atoms with Gasteiger partial charge in [0.15, 0.2) is 0 Å². The predicted molar refractivity (Wildman–Crippen MR) is 57.5 cm³/mol. The lowest BCUT2D eigenvalue weighted by molar-refractivity contribution is -0.125. The van der Waals surface area contributed by atoms with Gasteiger partial charge in [0.2, 0.25) is 5.91 Å². The molecular weight excluding hydrogens is 192 g/mol. The highest BCUT2D eigenvalue weighted by Crippen LogP contribution is 2.38. The van der Waals surface area contributed by atoms with Crippen molar-refractivity contribution in [3.63, 3.8) is 0 Å². The third-order valence-corrected chi connectivity index (χ3v) is 3.63. The lowest BCUT2D eigenvalue weighted by atomic mass is 10.0. The van der Waals surface area contributed by atoms with Gasteiger partial charge in [-0.1, -0.05) is 0 Å². The van der Waals surface area contributed by atoms with Crippen molar-refractivity contribution in [2.45, 2.75) is 12.8 Å². The van der Waals surface area contributed by atoms with Crippen molar-refractivity contribution in [2.75, 3.05) is 33.4 Å². The predicted octanol–water partition coefficient (Wildman–Crippen LogP) is -0.00540. The molecule has 1 aliphatic carbocycles. The van der Waals surface area contributed by atoms with Crippen LogP contribution in [-0.4, -0.2) is 39.3 Å². The molecule has 86 valence electrons. The Labute approximate surface area is 90.8 Å². The summed E-state index contributed by atoms with van der Waals surface area (Å²) in [6, 6.07) is 0. The second-order valence-electron chi connectivity index (χ2n) is 4.63. The molecule has 0 aromatic carbocycles. The first-order chi connectivity index (χ1) is 7.31. The number of amides is 1. The van der Waals surface area contributed by atoms with Gasteiger partial charge in [0.25, 0.3) is 0 Å². The van der Waals surface area contributed by atoms with Crippen LogP contribution in [0.3, 0.4) is 0 Å². The lowest BCUT2D eigenvalue weighted by Crippen LogP contribution is -2.32. The Morgan fingerprint density at radius 2 is 2.07 bits per heavy atom. The normalized spacial score (nSPS) is 34.1. The summed E-state index contributed by atoms with van der Waals surface area (Å²) in [6.45, 7) is 3.45. The van der Waals surface area contributed by atoms with Crippen LogP contribution in [-0.2, 0) is 9.53 Å². The van der Waals surface area contributed by atoms with Gasteiger partial charge in [-0.2, -0.15) is 0 Å². The molecule has 1 saturated heterocycles. The van der Waals surface area contributed by atoms with Crippen LogP contribution in [0.1, 0.15) is 12.8 Å². The largest absolute Gasteiger partial charge is 0.383 e. The van der Waals surface area contributed by atoms with Crippen molar-refractivity contribution in [2.24, 2.45) is 17.8 Å². The molecule has 0 spiro atoms. The molecule has 0 bridgehead atoms. The Balaban J connectivity index is 1.73. The molecule has 1 aliphatic heterocycles. The maximum absolute atomic E-state index is 11.8. The maximum Gasteiger partial charge on any atom is 0.223 e. The van der Waals surface area contributed by atoms with Crippen molar-refractivity contribution in [1.29, 1.82) is 0 Å². The summed E-state index contributed by atoms with van der Waals surface area (Å²) >= 11 is 0. The number of methoxy groups -OCH3 is 1. The maximum atomic E-state index is 11.8. The Morgan fingerprint density at radius 3 is 2.67 bits per heavy atom. The monoisotopic (exact) mass is 212 g/mol. The van der Waals surface area contributed by atoms with Gasteiger partial charge >= 0.3 is 0 Å². The molecule has 0 aromatic heterocycles. The molecule has 4 heteroatoms. The van der Waals surface area contributed by atoms with E-state index in [0.717, 1.165) is 37.8 Å². The molecule has 2 atom stereocenters. The summed E-state index contributed by atoms with van der Waals surface area (Å²) in [5.74, 6) is 1.95. The third-order valence-electron chi connectivity index (χ3n) is 3.63. The minimum Gasteiger partial charge on any atom is -0.383 e. The smallest absolute Gasteiger partial charge is 0.223 e. The Morgan fingerprint density at radius 1 is 1.40 bits per heavy atom. The average Bonchev–Trinajstić information content (AvgIpc) is 2.76. The van der Waals surface area contributed by atoms with Crippen LogP contribution in [0.4, 0.5) is 0 Å². The van der Waals surface area contributed by atoms with Crippen molar-refractivity contribution in [3.8, 4) is 0 Å². The topological polar surface area (TPSA) is 50.4 Å². The second kappa shape index (κ2) is 4.94. The second-order valence-corrected chi connectivity index (χ2v) is 4.63. The molecular formula is C11H20N2O2. The Kier molecular flexibility index (Phi) is 3.59. The van der Waals surface area contributed by atoms with Crippen LogP contribution in [0.5, 0.6) is 0 Å². The van der Waals surface area contributed by atoms with Gasteiger partial charge in [-0.25, -0.2) is 0 Å². The van der Waals surface area contributed by atoms with E-state index in [1.807, 2.05) is 0 Å². The highest BCUT2D eigenvalue weighted by Gasteiger charge is 2.39. The van der Waals surface area contributed by atoms with Crippen molar-refractivity contribution in [3.05, 3.63) is 0 Å². The minimum absolute atomic E-state index is 0.224. The van der Waals surface area contributed by atoms with Gasteiger partial charge in [0.05, 0.1) is 6.61 Å². The summed E-state index contributed by atoms with van der Waals surface area (Å²) in [5, 5.41) is 6.31. The number of rotatable bonds is 4. The first-order valence-electron chi connectivity index (χ1n) is 5.78. The van der Waals surface area contributed by atoms with Crippen LogP contribution in [0.25, 0.3) is 0 Å². The zero-order chi connectivity index (χ0) is 10.7. The van der Waals surface area contributed by atoms with E-state index in [1.165, 1.54) is 0 Å². The van der Waals surface area contributed by atoms with Crippen LogP contribution in [0.15, 0.2) is 0 Å². The first kappa shape index (κ1) is 10.9. The molecule has 4 nitrogen and oxygen atoms in total. The molecule has 2 unspecified atom stereocenters. The summed E-state index contributed by atoms with van der Waals surface area (Å²) in [6.07, 6.45) is 2.13. The van der Waals surface area contributed by atoms with Crippen LogP contribution in [0.2, 0.25) is 0 Å². The molecule has 2 aliphatic rings. The number of carbonyl (C=O) groups is 1. The SMILES string of the molecule is COCCNC(=O)C1CC2CNCC2C1. The zero-order valence-corrected chi connectivity index (χ0v) is 9.29. The van der Waals surface area contributed by atoms with E-state index in [9.17, 15) is 4.79 Å². The van der Waals surface area contributed by atoms with Crippen molar-refractivity contribution < 1.29 is 9.53 Å². The van der Waals surface area contributed by atoms with E-state index in [0.29, 0.717) is 13.2 Å². The van der Waals surface area contributed by atoms with Crippen molar-refractivity contribution in [1.82, 2.24) is 10.6 Å². The van der Waals surface area contributed by atoms with E-state index in [2.05, 4.69) is 10.6 Å². The highest BCUT2D eigenvalue weighted by atomic mass is 16.5. The molecule has 1 saturated carbocycles. The van der Waals surface area contributed by atoms with Gasteiger partial charge in [-0.3, -0.25) is 4.79 Å². The molecule has 2 fully saturated rings. The fraction of sp³-hybridized carbons (Fsp3) is 0.909. The summed E-state index contributed by atoms with van der Waals surface area (Å²) in [7, 11) is 1.65. The number of ether oxygens (including phenoxy) is 1. The quantitative estimate of drug-likeness (QED) is 0.645. The van der Waals surface area contributed by atoms with E-state index in [1.54, 1.807) is 7.11 Å². The van der Waals surface area contributed by atoms with Gasteiger partial charge in [-0.05, 0) is 37.8 Å². The lowest BCUT2D eigenvalue weighted by Gasteiger charge is -2.11. The fourth-order valence-electron chi connectivity index (χ4n) is 2.80. The number of hydrogen-bond donors (Lipinski definition) is 2. The van der Waals surface area contributed by atoms with Crippen LogP contribution >= 0.6 is 0 Å². The summed E-state index contributed by atoms with van der Waals surface area (Å²) in [4.78, 5) is 11.8. The van der Waals surface area contributed by atoms with Gasteiger partial charge in [0.1, 0.15) is 0 Å². The van der Waals surface area contributed by atoms with E-state index in [-0.39, 0.29) is 11.8 Å². The summed E-state index contributed by atoms with van der Waals surface area (Å²) in [5.41, 5.74) is 0. The number of nitrogens with one attached hydrogen (secondary N) is 2. The number of fused-ring (bicyclic) bond motifs is 1. The molecule has 1 heterocycles. The first-order valence-corrected chi connectivity index (χ1v) is 5.78. The number of carbonyl (C=O) groups excluding carboxylic acids is 1. The standard InChI is InChI=1S/C11H20N2O2/c1-15-3-2-13-11(14)8-4-9-6-12-7-10(9)5-8/h8-10,12H,2-7H2,1H3,(H,13,14). The van der Waals surface area contributed by atoms with Crippen LogP contribution in [0, 0.1) is 17.8 Å². The molecule has 2 N–H and O–H groups in total. The summed E-state index contributed by atoms with van der Waals surface area (Å²) < 4.78 is 4.90. The van der Waals surface area contributed by atoms with E-state index >= 15 is 0 Å². The fourth-order valence-corrected chi connectivity index (χ4v) is 2.80. The van der Waals surface area contributed by atoms with E-state index in [4.69, 9.17) is 4.74 Å². The molecule has 2 rings (SSSR count). The Bertz CT molecular complexity index is 221. The zero-order valence-electron chi connectivity index (χ0n) is 9.29. The highest BCUT2D eigenvalue weighted by molar-refractivity contribution is 5.79. The molecule has 0 radical (unpaired) electrons. The third kappa shape index (κ3) is 2.49. The van der Waals surface area contributed by atoms with Crippen molar-refractivity contribution >= 4 is 5.91 Å². The van der Waals surface area contributed by atoms with Gasteiger partial charge in [0, 0.05) is 19.6 Å². The molecule has 15 heavy (non-hydrogen) atoms.